The third-order valence-electron chi connectivity index (χ3n) is 2.17. The highest BCUT2D eigenvalue weighted by molar-refractivity contribution is 5.78. The van der Waals surface area contributed by atoms with Gasteiger partial charge >= 0.3 is 5.97 Å². The molecule has 2 nitrogen and oxygen atoms in total. The SMILES string of the molecule is CCC(C(=O)OC)c1ccccc1F. The zero-order chi connectivity index (χ0) is 10.6. The van der Waals surface area contributed by atoms with Crippen molar-refractivity contribution in [2.24, 2.45) is 0 Å². The molecule has 76 valence electrons. The average molecular weight is 196 g/mol. The minimum absolute atomic E-state index is 0.357. The monoisotopic (exact) mass is 196 g/mol. The summed E-state index contributed by atoms with van der Waals surface area (Å²) in [5.74, 6) is -1.25. The van der Waals surface area contributed by atoms with Crippen LogP contribution in [0.15, 0.2) is 24.3 Å². The highest BCUT2D eigenvalue weighted by Gasteiger charge is 2.21. The zero-order valence-electron chi connectivity index (χ0n) is 8.29. The van der Waals surface area contributed by atoms with Crippen molar-refractivity contribution in [3.63, 3.8) is 0 Å². The van der Waals surface area contributed by atoms with Gasteiger partial charge in [-0.3, -0.25) is 4.79 Å². The first kappa shape index (κ1) is 10.7. The van der Waals surface area contributed by atoms with Crippen LogP contribution in [0.5, 0.6) is 0 Å². The lowest BCUT2D eigenvalue weighted by Crippen LogP contribution is -2.14. The van der Waals surface area contributed by atoms with Crippen LogP contribution in [0.4, 0.5) is 4.39 Å². The van der Waals surface area contributed by atoms with Crippen LogP contribution in [-0.2, 0) is 9.53 Å². The molecule has 1 unspecified atom stereocenters. The van der Waals surface area contributed by atoms with E-state index in [4.69, 9.17) is 0 Å². The van der Waals surface area contributed by atoms with Gasteiger partial charge in [-0.25, -0.2) is 4.39 Å². The average Bonchev–Trinajstić information content (AvgIpc) is 2.21. The van der Waals surface area contributed by atoms with Crippen molar-refractivity contribution in [2.45, 2.75) is 19.3 Å². The Balaban J connectivity index is 3.01. The maximum atomic E-state index is 13.3. The summed E-state index contributed by atoms with van der Waals surface area (Å²) in [7, 11) is 1.31. The fraction of sp³-hybridized carbons (Fsp3) is 0.364. The van der Waals surface area contributed by atoms with Gasteiger partial charge in [0.25, 0.3) is 0 Å². The molecule has 1 aromatic rings. The molecular formula is C11H13FO2. The lowest BCUT2D eigenvalue weighted by atomic mass is 9.96. The summed E-state index contributed by atoms with van der Waals surface area (Å²) >= 11 is 0. The minimum Gasteiger partial charge on any atom is -0.469 e. The Labute approximate surface area is 82.7 Å². The van der Waals surface area contributed by atoms with E-state index in [1.165, 1.54) is 13.2 Å². The van der Waals surface area contributed by atoms with Gasteiger partial charge in [0, 0.05) is 5.56 Å². The van der Waals surface area contributed by atoms with Crippen LogP contribution in [-0.4, -0.2) is 13.1 Å². The molecule has 0 amide bonds. The molecule has 1 rings (SSSR count). The van der Waals surface area contributed by atoms with Crippen LogP contribution in [0.1, 0.15) is 24.8 Å². The third kappa shape index (κ3) is 2.10. The van der Waals surface area contributed by atoms with Crippen molar-refractivity contribution >= 4 is 5.97 Å². The first-order valence-electron chi connectivity index (χ1n) is 4.53. The predicted molar refractivity (Wildman–Crippen MR) is 51.4 cm³/mol. The first-order chi connectivity index (χ1) is 6.70. The summed E-state index contributed by atoms with van der Waals surface area (Å²) in [5, 5.41) is 0. The fourth-order valence-corrected chi connectivity index (χ4v) is 1.41. The normalized spacial score (nSPS) is 12.2. The van der Waals surface area contributed by atoms with Crippen molar-refractivity contribution in [3.05, 3.63) is 35.6 Å². The summed E-state index contributed by atoms with van der Waals surface area (Å²) in [6, 6.07) is 6.27. The van der Waals surface area contributed by atoms with Gasteiger partial charge in [0.15, 0.2) is 0 Å². The molecular weight excluding hydrogens is 183 g/mol. The maximum Gasteiger partial charge on any atom is 0.313 e. The number of halogens is 1. The van der Waals surface area contributed by atoms with Crippen molar-refractivity contribution in [3.8, 4) is 0 Å². The van der Waals surface area contributed by atoms with E-state index in [1.54, 1.807) is 18.2 Å². The molecule has 0 radical (unpaired) electrons. The van der Waals surface area contributed by atoms with Gasteiger partial charge in [-0.05, 0) is 12.5 Å². The molecule has 0 fully saturated rings. The Morgan fingerprint density at radius 2 is 2.14 bits per heavy atom. The number of rotatable bonds is 3. The van der Waals surface area contributed by atoms with Crippen molar-refractivity contribution in [2.75, 3.05) is 7.11 Å². The number of esters is 1. The van der Waals surface area contributed by atoms with E-state index in [0.717, 1.165) is 0 Å². The second kappa shape index (κ2) is 4.74. The molecule has 0 aliphatic carbocycles. The summed E-state index contributed by atoms with van der Waals surface area (Å²) in [4.78, 5) is 11.3. The molecule has 0 heterocycles. The highest BCUT2D eigenvalue weighted by Crippen LogP contribution is 2.23. The highest BCUT2D eigenvalue weighted by atomic mass is 19.1. The van der Waals surface area contributed by atoms with Crippen molar-refractivity contribution in [1.29, 1.82) is 0 Å². The van der Waals surface area contributed by atoms with Gasteiger partial charge < -0.3 is 4.74 Å². The van der Waals surface area contributed by atoms with Crippen LogP contribution >= 0.6 is 0 Å². The Bertz CT molecular complexity index is 323. The molecule has 3 heteroatoms. The number of hydrogen-bond donors (Lipinski definition) is 0. The summed E-state index contributed by atoms with van der Waals surface area (Å²) in [5.41, 5.74) is 0.404. The summed E-state index contributed by atoms with van der Waals surface area (Å²) in [6.45, 7) is 1.83. The van der Waals surface area contributed by atoms with E-state index in [2.05, 4.69) is 4.74 Å². The van der Waals surface area contributed by atoms with Crippen LogP contribution < -0.4 is 0 Å². The molecule has 1 atom stereocenters. The van der Waals surface area contributed by atoms with Gasteiger partial charge in [-0.2, -0.15) is 0 Å². The molecule has 0 N–H and O–H groups in total. The summed E-state index contributed by atoms with van der Waals surface area (Å²) < 4.78 is 17.9. The van der Waals surface area contributed by atoms with E-state index >= 15 is 0 Å². The number of hydrogen-bond acceptors (Lipinski definition) is 2. The molecule has 0 aliphatic heterocycles. The molecule has 0 aromatic heterocycles. The Kier molecular flexibility index (Phi) is 3.63. The second-order valence-corrected chi connectivity index (χ2v) is 3.01. The van der Waals surface area contributed by atoms with E-state index in [1.807, 2.05) is 6.92 Å². The lowest BCUT2D eigenvalue weighted by molar-refractivity contribution is -0.142. The van der Waals surface area contributed by atoms with Crippen molar-refractivity contribution < 1.29 is 13.9 Å². The quantitative estimate of drug-likeness (QED) is 0.694. The van der Waals surface area contributed by atoms with E-state index in [0.29, 0.717) is 12.0 Å². The van der Waals surface area contributed by atoms with E-state index in [9.17, 15) is 9.18 Å². The summed E-state index contributed by atoms with van der Waals surface area (Å²) in [6.07, 6.45) is 0.535. The maximum absolute atomic E-state index is 13.3. The number of methoxy groups -OCH3 is 1. The predicted octanol–water partition coefficient (Wildman–Crippen LogP) is 2.49. The van der Waals surface area contributed by atoms with E-state index in [-0.39, 0.29) is 5.82 Å². The van der Waals surface area contributed by atoms with Crippen LogP contribution in [0.2, 0.25) is 0 Å². The molecule has 0 bridgehead atoms. The minimum atomic E-state index is -0.499. The topological polar surface area (TPSA) is 26.3 Å². The fourth-order valence-electron chi connectivity index (χ4n) is 1.41. The van der Waals surface area contributed by atoms with Gasteiger partial charge in [-0.1, -0.05) is 25.1 Å². The van der Waals surface area contributed by atoms with Gasteiger partial charge in [0.1, 0.15) is 5.82 Å². The first-order valence-corrected chi connectivity index (χ1v) is 4.53. The molecule has 0 saturated carbocycles. The Morgan fingerprint density at radius 3 is 2.64 bits per heavy atom. The number of carbonyl (C=O) groups excluding carboxylic acids is 1. The largest absolute Gasteiger partial charge is 0.469 e. The number of carbonyl (C=O) groups is 1. The second-order valence-electron chi connectivity index (χ2n) is 3.01. The molecule has 0 aliphatic rings. The van der Waals surface area contributed by atoms with Gasteiger partial charge in [-0.15, -0.1) is 0 Å². The Hall–Kier alpha value is -1.38. The standard InChI is InChI=1S/C11H13FO2/c1-3-8(11(13)14-2)9-6-4-5-7-10(9)12/h4-8H,3H2,1-2H3. The van der Waals surface area contributed by atoms with E-state index < -0.39 is 11.9 Å². The number of ether oxygens (including phenoxy) is 1. The zero-order valence-corrected chi connectivity index (χ0v) is 8.29. The number of benzene rings is 1. The van der Waals surface area contributed by atoms with Gasteiger partial charge in [0.2, 0.25) is 0 Å². The molecule has 0 saturated heterocycles. The smallest absolute Gasteiger partial charge is 0.313 e. The Morgan fingerprint density at radius 1 is 1.50 bits per heavy atom. The molecule has 1 aromatic carbocycles. The van der Waals surface area contributed by atoms with Crippen LogP contribution in [0.3, 0.4) is 0 Å². The van der Waals surface area contributed by atoms with Crippen LogP contribution in [0.25, 0.3) is 0 Å². The lowest BCUT2D eigenvalue weighted by Gasteiger charge is -2.12. The molecule has 0 spiro atoms. The molecule has 14 heavy (non-hydrogen) atoms. The van der Waals surface area contributed by atoms with Crippen molar-refractivity contribution in [1.82, 2.24) is 0 Å². The van der Waals surface area contributed by atoms with Gasteiger partial charge in [0.05, 0.1) is 13.0 Å². The van der Waals surface area contributed by atoms with Crippen LogP contribution in [0, 0.1) is 5.82 Å². The third-order valence-corrected chi connectivity index (χ3v) is 2.17.